The van der Waals surface area contributed by atoms with Gasteiger partial charge in [-0.15, -0.1) is 0 Å². The Hall–Kier alpha value is -6.90. The lowest BCUT2D eigenvalue weighted by molar-refractivity contribution is 0.673. The van der Waals surface area contributed by atoms with E-state index >= 15 is 0 Å². The van der Waals surface area contributed by atoms with Gasteiger partial charge < -0.3 is 9.32 Å². The van der Waals surface area contributed by atoms with E-state index in [9.17, 15) is 0 Å². The Morgan fingerprint density at radius 1 is 0.327 bits per heavy atom. The molecule has 52 heavy (non-hydrogen) atoms. The van der Waals surface area contributed by atoms with E-state index in [2.05, 4.69) is 205 Å². The summed E-state index contributed by atoms with van der Waals surface area (Å²) in [6.45, 7) is 0. The lowest BCUT2D eigenvalue weighted by Gasteiger charge is -2.30. The molecule has 1 aromatic heterocycles. The molecule has 244 valence electrons. The molecule has 2 nitrogen and oxygen atoms in total. The highest BCUT2D eigenvalue weighted by molar-refractivity contribution is 6.21. The van der Waals surface area contributed by atoms with E-state index < -0.39 is 0 Å². The fourth-order valence-electron chi connectivity index (χ4n) is 7.77. The number of anilines is 3. The highest BCUT2D eigenvalue weighted by atomic mass is 16.3. The molecule has 0 N–H and O–H groups in total. The van der Waals surface area contributed by atoms with Gasteiger partial charge in [0.25, 0.3) is 0 Å². The van der Waals surface area contributed by atoms with Gasteiger partial charge in [0.15, 0.2) is 0 Å². The van der Waals surface area contributed by atoms with Crippen molar-refractivity contribution in [3.63, 3.8) is 0 Å². The zero-order chi connectivity index (χ0) is 34.4. The maximum atomic E-state index is 6.68. The molecular weight excluding hydrogens is 631 g/mol. The Bertz CT molecular complexity index is 2790. The van der Waals surface area contributed by atoms with Gasteiger partial charge in [-0.1, -0.05) is 164 Å². The Kier molecular flexibility index (Phi) is 7.18. The molecular formula is C50H33NO. The third-order valence-corrected chi connectivity index (χ3v) is 10.3. The van der Waals surface area contributed by atoms with Crippen molar-refractivity contribution in [2.24, 2.45) is 0 Å². The molecule has 0 aliphatic rings. The van der Waals surface area contributed by atoms with E-state index in [0.29, 0.717) is 0 Å². The lowest BCUT2D eigenvalue weighted by Crippen LogP contribution is -2.12. The second kappa shape index (κ2) is 12.5. The maximum absolute atomic E-state index is 6.68. The first-order valence-corrected chi connectivity index (χ1v) is 17.8. The van der Waals surface area contributed by atoms with Crippen LogP contribution in [0.5, 0.6) is 0 Å². The molecule has 0 aliphatic carbocycles. The van der Waals surface area contributed by atoms with Gasteiger partial charge in [0.05, 0.1) is 5.69 Å². The molecule has 0 fully saturated rings. The van der Waals surface area contributed by atoms with Gasteiger partial charge in [0, 0.05) is 38.5 Å². The summed E-state index contributed by atoms with van der Waals surface area (Å²) in [5.74, 6) is 0. The Labute approximate surface area is 302 Å². The average Bonchev–Trinajstić information content (AvgIpc) is 3.62. The quantitative estimate of drug-likeness (QED) is 0.176. The average molecular weight is 664 g/mol. The summed E-state index contributed by atoms with van der Waals surface area (Å²) in [4.78, 5) is 2.43. The van der Waals surface area contributed by atoms with E-state index in [0.717, 1.165) is 55.5 Å². The summed E-state index contributed by atoms with van der Waals surface area (Å²) in [5, 5.41) is 6.90. The molecule has 10 aromatic rings. The van der Waals surface area contributed by atoms with Crippen molar-refractivity contribution in [2.75, 3.05) is 4.90 Å². The number of hydrogen-bond donors (Lipinski definition) is 0. The molecule has 1 heterocycles. The first-order chi connectivity index (χ1) is 25.8. The molecule has 0 saturated heterocycles. The van der Waals surface area contributed by atoms with Gasteiger partial charge in [-0.3, -0.25) is 0 Å². The number of fused-ring (bicyclic) bond motifs is 6. The molecule has 0 atom stereocenters. The van der Waals surface area contributed by atoms with Crippen LogP contribution in [-0.4, -0.2) is 0 Å². The van der Waals surface area contributed by atoms with Gasteiger partial charge in [-0.2, -0.15) is 0 Å². The van der Waals surface area contributed by atoms with Crippen LogP contribution in [0.1, 0.15) is 0 Å². The highest BCUT2D eigenvalue weighted by Crippen LogP contribution is 2.48. The van der Waals surface area contributed by atoms with Crippen molar-refractivity contribution < 1.29 is 4.42 Å². The summed E-state index contributed by atoms with van der Waals surface area (Å²) in [5.41, 5.74) is 12.1. The number of rotatable bonds is 6. The smallest absolute Gasteiger partial charge is 0.143 e. The van der Waals surface area contributed by atoms with Crippen LogP contribution < -0.4 is 4.90 Å². The zero-order valence-electron chi connectivity index (χ0n) is 28.4. The number of hydrogen-bond acceptors (Lipinski definition) is 2. The molecule has 0 spiro atoms. The Balaban J connectivity index is 1.24. The summed E-state index contributed by atoms with van der Waals surface area (Å²) >= 11 is 0. The van der Waals surface area contributed by atoms with Crippen LogP contribution in [0.3, 0.4) is 0 Å². The van der Waals surface area contributed by atoms with Crippen LogP contribution in [0.2, 0.25) is 0 Å². The van der Waals surface area contributed by atoms with Crippen molar-refractivity contribution in [1.82, 2.24) is 0 Å². The molecule has 0 radical (unpaired) electrons. The van der Waals surface area contributed by atoms with Crippen molar-refractivity contribution in [3.05, 3.63) is 200 Å². The summed E-state index contributed by atoms with van der Waals surface area (Å²) in [6, 6.07) is 71.7. The van der Waals surface area contributed by atoms with E-state index in [4.69, 9.17) is 4.42 Å². The van der Waals surface area contributed by atoms with Crippen LogP contribution in [0.15, 0.2) is 205 Å². The van der Waals surface area contributed by atoms with Gasteiger partial charge >= 0.3 is 0 Å². The number of nitrogens with zero attached hydrogens (tertiary/aromatic N) is 1. The van der Waals surface area contributed by atoms with E-state index in [1.54, 1.807) is 0 Å². The third kappa shape index (κ3) is 5.04. The second-order valence-electron chi connectivity index (χ2n) is 13.3. The molecule has 0 saturated carbocycles. The van der Waals surface area contributed by atoms with Gasteiger partial charge in [0.2, 0.25) is 0 Å². The lowest BCUT2D eigenvalue weighted by atomic mass is 9.93. The SMILES string of the molecule is c1ccc(-c2ccc(N(c3ccc(-c4ccccc4)cc3)c3c(-c4cccc5oc6c7ccccc7ccc6c45)ccc4ccccc34)cc2)cc1. The molecule has 10 rings (SSSR count). The molecule has 0 bridgehead atoms. The van der Waals surface area contributed by atoms with Crippen LogP contribution in [0.4, 0.5) is 17.1 Å². The van der Waals surface area contributed by atoms with E-state index in [-0.39, 0.29) is 0 Å². The summed E-state index contributed by atoms with van der Waals surface area (Å²) < 4.78 is 6.68. The molecule has 2 heteroatoms. The van der Waals surface area contributed by atoms with Crippen LogP contribution in [-0.2, 0) is 0 Å². The van der Waals surface area contributed by atoms with Gasteiger partial charge in [0.1, 0.15) is 11.2 Å². The van der Waals surface area contributed by atoms with Crippen molar-refractivity contribution in [3.8, 4) is 33.4 Å². The van der Waals surface area contributed by atoms with Gasteiger partial charge in [-0.25, -0.2) is 0 Å². The van der Waals surface area contributed by atoms with Gasteiger partial charge in [-0.05, 0) is 75.0 Å². The monoisotopic (exact) mass is 663 g/mol. The Morgan fingerprint density at radius 2 is 0.846 bits per heavy atom. The number of benzene rings is 9. The van der Waals surface area contributed by atoms with Crippen LogP contribution in [0, 0.1) is 0 Å². The highest BCUT2D eigenvalue weighted by Gasteiger charge is 2.23. The fraction of sp³-hybridized carbons (Fsp3) is 0. The normalized spacial score (nSPS) is 11.5. The molecule has 0 aliphatic heterocycles. The first-order valence-electron chi connectivity index (χ1n) is 17.8. The van der Waals surface area contributed by atoms with Crippen molar-refractivity contribution in [2.45, 2.75) is 0 Å². The third-order valence-electron chi connectivity index (χ3n) is 10.3. The minimum absolute atomic E-state index is 0.883. The summed E-state index contributed by atoms with van der Waals surface area (Å²) in [7, 11) is 0. The largest absolute Gasteiger partial charge is 0.455 e. The van der Waals surface area contributed by atoms with E-state index in [1.165, 1.54) is 38.4 Å². The predicted molar refractivity (Wildman–Crippen MR) is 220 cm³/mol. The first kappa shape index (κ1) is 30.0. The maximum Gasteiger partial charge on any atom is 0.143 e. The predicted octanol–water partition coefficient (Wildman–Crippen LogP) is 14.4. The van der Waals surface area contributed by atoms with E-state index in [1.807, 2.05) is 0 Å². The van der Waals surface area contributed by atoms with Crippen molar-refractivity contribution >= 4 is 60.5 Å². The Morgan fingerprint density at radius 3 is 1.48 bits per heavy atom. The fourth-order valence-corrected chi connectivity index (χ4v) is 7.77. The molecule has 0 amide bonds. The minimum atomic E-state index is 0.883. The van der Waals surface area contributed by atoms with Crippen molar-refractivity contribution in [1.29, 1.82) is 0 Å². The molecule has 9 aromatic carbocycles. The summed E-state index contributed by atoms with van der Waals surface area (Å²) in [6.07, 6.45) is 0. The molecule has 0 unspecified atom stereocenters. The van der Waals surface area contributed by atoms with Crippen LogP contribution in [0.25, 0.3) is 76.9 Å². The zero-order valence-corrected chi connectivity index (χ0v) is 28.4. The standard InChI is InChI=1S/C50H33NO/c1-3-12-34(13-4-1)36-22-28-40(29-23-36)51(41-30-24-37(25-31-41)35-14-5-2-6-15-35)49-42-18-9-7-16-38(42)26-32-45(49)44-20-11-21-47-48(44)46-33-27-39-17-8-10-19-43(39)50(46)52-47/h1-33H. The van der Waals surface area contributed by atoms with Crippen LogP contribution >= 0.6 is 0 Å². The topological polar surface area (TPSA) is 16.4 Å². The second-order valence-corrected chi connectivity index (χ2v) is 13.3. The minimum Gasteiger partial charge on any atom is -0.455 e. The number of furan rings is 1.